The molecule has 0 fully saturated rings. The molecule has 3 N–H and O–H groups in total. The van der Waals surface area contributed by atoms with Crippen LogP contribution in [0.5, 0.6) is 5.75 Å². The summed E-state index contributed by atoms with van der Waals surface area (Å²) in [5, 5.41) is 7.69. The molecule has 7 nitrogen and oxygen atoms in total. The highest BCUT2D eigenvalue weighted by Gasteiger charge is 2.13. The lowest BCUT2D eigenvalue weighted by atomic mass is 10.1. The van der Waals surface area contributed by atoms with Crippen molar-refractivity contribution in [2.45, 2.75) is 6.42 Å². The van der Waals surface area contributed by atoms with Crippen molar-refractivity contribution < 1.29 is 27.9 Å². The van der Waals surface area contributed by atoms with Crippen LogP contribution in [-0.2, 0) is 16.0 Å². The number of ether oxygens (including phenoxy) is 1. The number of hydrogen-bond donors (Lipinski definition) is 3. The first-order chi connectivity index (χ1) is 15.8. The van der Waals surface area contributed by atoms with Crippen LogP contribution in [0.3, 0.4) is 0 Å². The van der Waals surface area contributed by atoms with Crippen molar-refractivity contribution in [2.24, 2.45) is 0 Å². The largest absolute Gasteiger partial charge is 0.495 e. The summed E-state index contributed by atoms with van der Waals surface area (Å²) in [4.78, 5) is 36.6. The molecule has 0 aromatic heterocycles. The Labute approximate surface area is 188 Å². The van der Waals surface area contributed by atoms with E-state index in [9.17, 15) is 23.2 Å². The van der Waals surface area contributed by atoms with Gasteiger partial charge in [0.25, 0.3) is 5.91 Å². The summed E-state index contributed by atoms with van der Waals surface area (Å²) in [6.07, 6.45) is -0.0656. The van der Waals surface area contributed by atoms with Crippen molar-refractivity contribution in [2.75, 3.05) is 24.3 Å². The number of carbonyl (C=O) groups excluding carboxylic acids is 3. The summed E-state index contributed by atoms with van der Waals surface area (Å²) < 4.78 is 31.8. The molecule has 0 radical (unpaired) electrons. The Morgan fingerprint density at radius 1 is 0.848 bits per heavy atom. The fraction of sp³-hybridized carbons (Fsp3) is 0.125. The van der Waals surface area contributed by atoms with Crippen LogP contribution in [-0.4, -0.2) is 31.4 Å². The highest BCUT2D eigenvalue weighted by atomic mass is 19.1. The van der Waals surface area contributed by atoms with Gasteiger partial charge in [-0.15, -0.1) is 0 Å². The number of carbonyl (C=O) groups is 3. The van der Waals surface area contributed by atoms with E-state index in [0.717, 1.165) is 6.07 Å². The highest BCUT2D eigenvalue weighted by molar-refractivity contribution is 6.05. The fourth-order valence-electron chi connectivity index (χ4n) is 2.99. The molecule has 33 heavy (non-hydrogen) atoms. The third-order valence-corrected chi connectivity index (χ3v) is 4.52. The molecule has 9 heteroatoms. The lowest BCUT2D eigenvalue weighted by molar-refractivity contribution is -0.123. The van der Waals surface area contributed by atoms with Crippen molar-refractivity contribution in [1.29, 1.82) is 0 Å². The predicted octanol–water partition coefficient (Wildman–Crippen LogP) is 3.52. The Hall–Kier alpha value is -4.27. The first-order valence-corrected chi connectivity index (χ1v) is 9.90. The average molecular weight is 453 g/mol. The summed E-state index contributed by atoms with van der Waals surface area (Å²) in [5.74, 6) is -2.15. The highest BCUT2D eigenvalue weighted by Crippen LogP contribution is 2.28. The first-order valence-electron chi connectivity index (χ1n) is 9.90. The molecule has 0 heterocycles. The van der Waals surface area contributed by atoms with Crippen LogP contribution < -0.4 is 20.7 Å². The zero-order valence-corrected chi connectivity index (χ0v) is 17.7. The van der Waals surface area contributed by atoms with E-state index in [4.69, 9.17) is 4.74 Å². The number of amides is 3. The van der Waals surface area contributed by atoms with E-state index in [1.165, 1.54) is 49.6 Å². The quantitative estimate of drug-likeness (QED) is 0.486. The Bertz CT molecular complexity index is 1180. The SMILES string of the molecule is COc1ccc(NC(=O)CNC(=O)Cc2cccc(F)c2)cc1NC(=O)c1cccc(F)c1. The van der Waals surface area contributed by atoms with Crippen LogP contribution in [0.1, 0.15) is 15.9 Å². The molecule has 0 unspecified atom stereocenters. The molecule has 0 aliphatic carbocycles. The van der Waals surface area contributed by atoms with Gasteiger partial charge in [0.05, 0.1) is 25.8 Å². The molecule has 3 rings (SSSR count). The number of benzene rings is 3. The topological polar surface area (TPSA) is 96.5 Å². The Balaban J connectivity index is 1.59. The van der Waals surface area contributed by atoms with Gasteiger partial charge in [-0.2, -0.15) is 0 Å². The molecule has 3 amide bonds. The third kappa shape index (κ3) is 6.86. The van der Waals surface area contributed by atoms with E-state index in [0.29, 0.717) is 17.0 Å². The Kier molecular flexibility index (Phi) is 7.69. The zero-order chi connectivity index (χ0) is 23.8. The fourth-order valence-corrected chi connectivity index (χ4v) is 2.99. The third-order valence-electron chi connectivity index (χ3n) is 4.52. The molecule has 0 aliphatic rings. The summed E-state index contributed by atoms with van der Waals surface area (Å²) in [6, 6.07) is 15.4. The Morgan fingerprint density at radius 3 is 2.27 bits per heavy atom. The van der Waals surface area contributed by atoms with Crippen molar-refractivity contribution in [3.63, 3.8) is 0 Å². The molecule has 3 aromatic rings. The van der Waals surface area contributed by atoms with Crippen LogP contribution >= 0.6 is 0 Å². The van der Waals surface area contributed by atoms with Crippen LogP contribution in [0, 0.1) is 11.6 Å². The maximum atomic E-state index is 13.4. The second-order valence-electron chi connectivity index (χ2n) is 7.01. The molecule has 170 valence electrons. The van der Waals surface area contributed by atoms with Gasteiger partial charge in [-0.05, 0) is 54.1 Å². The number of anilines is 2. The lowest BCUT2D eigenvalue weighted by Crippen LogP contribution is -2.33. The van der Waals surface area contributed by atoms with Gasteiger partial charge in [0.1, 0.15) is 17.4 Å². The normalized spacial score (nSPS) is 10.3. The van der Waals surface area contributed by atoms with Gasteiger partial charge in [-0.1, -0.05) is 18.2 Å². The maximum absolute atomic E-state index is 13.4. The molecule has 0 saturated carbocycles. The second kappa shape index (κ2) is 10.9. The van der Waals surface area contributed by atoms with Gasteiger partial charge < -0.3 is 20.7 Å². The first kappa shape index (κ1) is 23.4. The summed E-state index contributed by atoms with van der Waals surface area (Å²) in [5.41, 5.74) is 1.21. The van der Waals surface area contributed by atoms with Gasteiger partial charge in [0, 0.05) is 11.3 Å². The second-order valence-corrected chi connectivity index (χ2v) is 7.01. The van der Waals surface area contributed by atoms with E-state index < -0.39 is 29.4 Å². The minimum atomic E-state index is -0.555. The standard InChI is InChI=1S/C24H21F2N3O4/c1-33-21-9-8-19(13-20(21)29-24(32)16-5-3-7-18(26)12-16)28-23(31)14-27-22(30)11-15-4-2-6-17(25)10-15/h2-10,12-13H,11,14H2,1H3,(H,27,30)(H,28,31)(H,29,32). The molecule has 0 spiro atoms. The van der Waals surface area contributed by atoms with Gasteiger partial charge in [0.15, 0.2) is 0 Å². The van der Waals surface area contributed by atoms with Gasteiger partial charge in [-0.25, -0.2) is 8.78 Å². The molecule has 0 bridgehead atoms. The number of halogens is 2. The van der Waals surface area contributed by atoms with Crippen LogP contribution in [0.2, 0.25) is 0 Å². The van der Waals surface area contributed by atoms with Crippen LogP contribution in [0.15, 0.2) is 66.7 Å². The maximum Gasteiger partial charge on any atom is 0.255 e. The molecule has 0 aliphatic heterocycles. The van der Waals surface area contributed by atoms with E-state index in [1.54, 1.807) is 18.2 Å². The minimum Gasteiger partial charge on any atom is -0.495 e. The van der Waals surface area contributed by atoms with E-state index in [-0.39, 0.29) is 24.2 Å². The van der Waals surface area contributed by atoms with E-state index in [2.05, 4.69) is 16.0 Å². The molecular weight excluding hydrogens is 432 g/mol. The summed E-state index contributed by atoms with van der Waals surface area (Å²) in [6.45, 7) is -0.300. The smallest absolute Gasteiger partial charge is 0.255 e. The molecule has 0 atom stereocenters. The summed E-state index contributed by atoms with van der Waals surface area (Å²) in [7, 11) is 1.42. The van der Waals surface area contributed by atoms with Crippen LogP contribution in [0.25, 0.3) is 0 Å². The van der Waals surface area contributed by atoms with Crippen molar-refractivity contribution in [3.8, 4) is 5.75 Å². The molecule has 3 aromatic carbocycles. The number of nitrogens with one attached hydrogen (secondary N) is 3. The number of hydrogen-bond acceptors (Lipinski definition) is 4. The average Bonchev–Trinajstić information content (AvgIpc) is 2.78. The lowest BCUT2D eigenvalue weighted by Gasteiger charge is -2.13. The van der Waals surface area contributed by atoms with Crippen molar-refractivity contribution in [3.05, 3.63) is 89.5 Å². The van der Waals surface area contributed by atoms with Crippen LogP contribution in [0.4, 0.5) is 20.2 Å². The van der Waals surface area contributed by atoms with Crippen molar-refractivity contribution in [1.82, 2.24) is 5.32 Å². The Morgan fingerprint density at radius 2 is 1.58 bits per heavy atom. The minimum absolute atomic E-state index is 0.0656. The number of methoxy groups -OCH3 is 1. The zero-order valence-electron chi connectivity index (χ0n) is 17.7. The predicted molar refractivity (Wildman–Crippen MR) is 119 cm³/mol. The summed E-state index contributed by atoms with van der Waals surface area (Å²) >= 11 is 0. The van der Waals surface area contributed by atoms with Gasteiger partial charge >= 0.3 is 0 Å². The molecular formula is C24H21F2N3O4. The van der Waals surface area contributed by atoms with Gasteiger partial charge in [-0.3, -0.25) is 14.4 Å². The van der Waals surface area contributed by atoms with E-state index >= 15 is 0 Å². The van der Waals surface area contributed by atoms with Crippen molar-refractivity contribution >= 4 is 29.1 Å². The van der Waals surface area contributed by atoms with Gasteiger partial charge in [0.2, 0.25) is 11.8 Å². The monoisotopic (exact) mass is 453 g/mol. The number of rotatable bonds is 8. The van der Waals surface area contributed by atoms with E-state index in [1.807, 2.05) is 0 Å². The molecule has 0 saturated heterocycles.